The van der Waals surface area contributed by atoms with E-state index >= 15 is 0 Å². The van der Waals surface area contributed by atoms with Gasteiger partial charge in [-0.05, 0) is 5.01 Å². The van der Waals surface area contributed by atoms with Crippen molar-refractivity contribution in [1.29, 1.82) is 0 Å². The molecular formula is C3H7N6O6+. The molecule has 0 saturated carbocycles. The van der Waals surface area contributed by atoms with E-state index in [9.17, 15) is 25.1 Å². The van der Waals surface area contributed by atoms with Crippen LogP contribution in [0.15, 0.2) is 0 Å². The van der Waals surface area contributed by atoms with Gasteiger partial charge in [-0.3, -0.25) is 0 Å². The Balaban J connectivity index is 2.77. The Kier molecular flexibility index (Phi) is 2.68. The first-order chi connectivity index (χ1) is 6.91. The van der Waals surface area contributed by atoms with Crippen LogP contribution in [0.2, 0.25) is 0 Å². The van der Waals surface area contributed by atoms with Gasteiger partial charge >= 0.3 is 5.03 Å². The molecule has 12 nitrogen and oxygen atoms in total. The second kappa shape index (κ2) is 3.77. The smallest absolute Gasteiger partial charge is 0.235 e. The third-order valence-corrected chi connectivity index (χ3v) is 1.68. The minimum atomic E-state index is -0.897. The minimum absolute atomic E-state index is 0.410. The quantitative estimate of drug-likeness (QED) is 0.435. The molecule has 0 unspecified atom stereocenters. The first kappa shape index (κ1) is 10.7. The average Bonchev–Trinajstić information content (AvgIpc) is 2.16. The molecular weight excluding hydrogens is 216 g/mol. The third-order valence-electron chi connectivity index (χ3n) is 1.68. The molecule has 0 aromatic rings. The summed E-state index contributed by atoms with van der Waals surface area (Å²) < 4.78 is 0. The van der Waals surface area contributed by atoms with Crippen molar-refractivity contribution in [1.82, 2.24) is 15.0 Å². The molecule has 0 aromatic heterocycles. The molecule has 15 heavy (non-hydrogen) atoms. The van der Waals surface area contributed by atoms with Gasteiger partial charge in [0.15, 0.2) is 10.1 Å². The van der Waals surface area contributed by atoms with Gasteiger partial charge in [-0.2, -0.15) is 0 Å². The molecule has 1 N–H and O–H groups in total. The van der Waals surface area contributed by atoms with E-state index in [1.165, 1.54) is 0 Å². The number of hydrazine groups is 3. The van der Waals surface area contributed by atoms with Crippen LogP contribution in [0, 0.1) is 25.1 Å². The lowest BCUT2D eigenvalue weighted by Gasteiger charge is -2.26. The summed E-state index contributed by atoms with van der Waals surface area (Å²) in [5.41, 5.74) is 0. The maximum Gasteiger partial charge on any atom is 0.361 e. The fraction of sp³-hybridized carbons (Fsp3) is 1.00. The van der Waals surface area contributed by atoms with Crippen molar-refractivity contribution in [3.63, 3.8) is 0 Å². The summed E-state index contributed by atoms with van der Waals surface area (Å²) in [6.07, 6.45) is 0. The summed E-state index contributed by atoms with van der Waals surface area (Å²) >= 11 is 0. The van der Waals surface area contributed by atoms with Gasteiger partial charge in [0.05, 0.1) is 0 Å². The van der Waals surface area contributed by atoms with Crippen LogP contribution >= 0.6 is 0 Å². The van der Waals surface area contributed by atoms with Crippen LogP contribution in [-0.2, 0) is 0 Å². The molecule has 0 aliphatic carbocycles. The van der Waals surface area contributed by atoms with Crippen molar-refractivity contribution in [2.24, 2.45) is 0 Å². The highest BCUT2D eigenvalue weighted by Crippen LogP contribution is 2.06. The van der Waals surface area contributed by atoms with E-state index in [2.05, 4.69) is 0 Å². The largest absolute Gasteiger partial charge is 0.361 e. The lowest BCUT2D eigenvalue weighted by Crippen LogP contribution is -2.59. The van der Waals surface area contributed by atoms with E-state index in [-0.39, 0.29) is 0 Å². The van der Waals surface area contributed by atoms with Crippen LogP contribution in [-0.4, -0.2) is 55.3 Å². The predicted molar refractivity (Wildman–Crippen MR) is 39.5 cm³/mol. The Morgan fingerprint density at radius 2 is 1.20 bits per heavy atom. The fourth-order valence-electron chi connectivity index (χ4n) is 1.01. The Labute approximate surface area is 81.6 Å². The molecule has 0 radical (unpaired) electrons. The molecule has 0 atom stereocenters. The topological polar surface area (TPSA) is 136 Å². The maximum absolute atomic E-state index is 10.4. The third kappa shape index (κ3) is 2.29. The van der Waals surface area contributed by atoms with Crippen molar-refractivity contribution in [2.45, 2.75) is 0 Å². The predicted octanol–water partition coefficient (Wildman–Crippen LogP) is -1.75. The first-order valence-electron chi connectivity index (χ1n) is 3.61. The van der Waals surface area contributed by atoms with E-state index in [4.69, 9.17) is 5.21 Å². The molecule has 1 fully saturated rings. The summed E-state index contributed by atoms with van der Waals surface area (Å²) in [5.74, 6) is 0. The first-order valence-corrected chi connectivity index (χ1v) is 3.61. The standard InChI is InChI=1S/C3H7N6O6/c10-7(11)4-1-5(8(12)13)3-6(2-4)9(14)15/h1-3H2,(H,10,11)/q+1. The van der Waals surface area contributed by atoms with Crippen molar-refractivity contribution >= 4 is 0 Å². The zero-order valence-electron chi connectivity index (χ0n) is 7.29. The minimum Gasteiger partial charge on any atom is -0.235 e. The maximum atomic E-state index is 10.4. The second-order valence-electron chi connectivity index (χ2n) is 2.67. The van der Waals surface area contributed by atoms with Gasteiger partial charge in [-0.1, -0.05) is 10.0 Å². The molecule has 1 aliphatic rings. The van der Waals surface area contributed by atoms with E-state index in [1.54, 1.807) is 0 Å². The lowest BCUT2D eigenvalue weighted by atomic mass is 10.7. The Bertz CT molecular complexity index is 252. The molecule has 0 bridgehead atoms. The van der Waals surface area contributed by atoms with Crippen molar-refractivity contribution in [3.05, 3.63) is 25.1 Å². The molecule has 1 rings (SSSR count). The number of rotatable bonds is 3. The fourth-order valence-corrected chi connectivity index (χ4v) is 1.01. The molecule has 0 spiro atoms. The summed E-state index contributed by atoms with van der Waals surface area (Å²) in [7, 11) is 0. The Morgan fingerprint density at radius 1 is 0.867 bits per heavy atom. The molecule has 0 aromatic carbocycles. The summed E-state index contributed by atoms with van der Waals surface area (Å²) in [5, 5.41) is 28.0. The zero-order valence-corrected chi connectivity index (χ0v) is 7.29. The monoisotopic (exact) mass is 223 g/mol. The van der Waals surface area contributed by atoms with Crippen LogP contribution in [0.4, 0.5) is 0 Å². The molecule has 84 valence electrons. The summed E-state index contributed by atoms with van der Waals surface area (Å²) in [6.45, 7) is -1.63. The average molecular weight is 223 g/mol. The number of hydrogen-bond donors (Lipinski definition) is 1. The van der Waals surface area contributed by atoms with Crippen molar-refractivity contribution in [2.75, 3.05) is 20.0 Å². The highest BCUT2D eigenvalue weighted by Gasteiger charge is 2.41. The highest BCUT2D eigenvalue weighted by atomic mass is 16.7. The van der Waals surface area contributed by atoms with Crippen LogP contribution in [0.5, 0.6) is 0 Å². The van der Waals surface area contributed by atoms with Gasteiger partial charge in [0.1, 0.15) is 4.91 Å². The van der Waals surface area contributed by atoms with Crippen LogP contribution in [0.3, 0.4) is 0 Å². The van der Waals surface area contributed by atoms with Crippen LogP contribution in [0.1, 0.15) is 0 Å². The zero-order chi connectivity index (χ0) is 11.6. The Hall–Kier alpha value is -2.40. The molecule has 1 aliphatic heterocycles. The SMILES string of the molecule is O=[N+]([O-])N1CN([N+](=O)[O-])CN([N+](=O)O)C1. The van der Waals surface area contributed by atoms with Gasteiger partial charge in [-0.25, -0.2) is 25.4 Å². The molecule has 1 saturated heterocycles. The van der Waals surface area contributed by atoms with Gasteiger partial charge in [0.25, 0.3) is 0 Å². The molecule has 12 heteroatoms. The molecule has 0 amide bonds. The van der Waals surface area contributed by atoms with Gasteiger partial charge in [0, 0.05) is 0 Å². The lowest BCUT2D eigenvalue weighted by molar-refractivity contribution is -0.923. The normalized spacial score (nSPS) is 16.4. The summed E-state index contributed by atoms with van der Waals surface area (Å²) in [4.78, 5) is 31.1. The van der Waals surface area contributed by atoms with Crippen LogP contribution < -0.4 is 0 Å². The Morgan fingerprint density at radius 3 is 1.47 bits per heavy atom. The second-order valence-corrected chi connectivity index (χ2v) is 2.67. The van der Waals surface area contributed by atoms with Gasteiger partial charge in [-0.15, -0.1) is 0 Å². The van der Waals surface area contributed by atoms with Gasteiger partial charge < -0.3 is 0 Å². The van der Waals surface area contributed by atoms with E-state index < -0.39 is 35.1 Å². The van der Waals surface area contributed by atoms with E-state index in [1.807, 2.05) is 0 Å². The van der Waals surface area contributed by atoms with Crippen LogP contribution in [0.25, 0.3) is 0 Å². The number of hydrogen-bond acceptors (Lipinski definition) is 5. The van der Waals surface area contributed by atoms with Crippen molar-refractivity contribution in [3.8, 4) is 0 Å². The van der Waals surface area contributed by atoms with Crippen molar-refractivity contribution < 1.29 is 20.3 Å². The highest BCUT2D eigenvalue weighted by molar-refractivity contribution is 4.49. The van der Waals surface area contributed by atoms with Gasteiger partial charge in [0.2, 0.25) is 20.0 Å². The van der Waals surface area contributed by atoms with E-state index in [0.717, 1.165) is 0 Å². The van der Waals surface area contributed by atoms with E-state index in [0.29, 0.717) is 15.0 Å². The molecule has 1 heterocycles. The number of nitrogens with zero attached hydrogens (tertiary/aromatic N) is 6. The summed E-state index contributed by atoms with van der Waals surface area (Å²) in [6, 6.07) is 0. The number of nitro groups is 2.